The predicted molar refractivity (Wildman–Crippen MR) is 145 cm³/mol. The van der Waals surface area contributed by atoms with Gasteiger partial charge in [0, 0.05) is 76.0 Å². The van der Waals surface area contributed by atoms with Crippen molar-refractivity contribution in [1.82, 2.24) is 15.1 Å². The molecule has 2 N–H and O–H groups in total. The van der Waals surface area contributed by atoms with Gasteiger partial charge in [-0.3, -0.25) is 9.62 Å². The summed E-state index contributed by atoms with van der Waals surface area (Å²) < 4.78 is 40.6. The van der Waals surface area contributed by atoms with Crippen molar-refractivity contribution in [2.75, 3.05) is 50.7 Å². The zero-order valence-electron chi connectivity index (χ0n) is 21.3. The predicted octanol–water partition coefficient (Wildman–Crippen LogP) is 3.34. The van der Waals surface area contributed by atoms with Gasteiger partial charge in [-0.2, -0.15) is 0 Å². The first-order valence-electron chi connectivity index (χ1n) is 12.0. The summed E-state index contributed by atoms with van der Waals surface area (Å²) in [6, 6.07) is 9.72. The topological polar surface area (TPSA) is 104 Å². The van der Waals surface area contributed by atoms with Gasteiger partial charge in [0.1, 0.15) is 22.3 Å². The fourth-order valence-corrected chi connectivity index (χ4v) is 4.86. The third-order valence-corrected chi connectivity index (χ3v) is 7.50. The van der Waals surface area contributed by atoms with E-state index >= 15 is 4.39 Å². The molecule has 1 unspecified atom stereocenters. The number of carbonyl (C=O) groups excluding carboxylic acids is 1. The molecule has 1 atom stereocenters. The van der Waals surface area contributed by atoms with E-state index in [9.17, 15) is 13.8 Å². The third kappa shape index (κ3) is 6.27. The standard InChI is InChI=1S/C26H28ClFN4O5S/c1-4-38(35)30-21-7-5-6-16(24(21)27)12-18-19(15-32-10-8-29-9-11-32)17-13-20(28)23(37-26(34)31(2)3)14-22(17)36-25(18)33/h6,13-14,29-30H,4,8-12,15H2,1-3H3. The van der Waals surface area contributed by atoms with Crippen molar-refractivity contribution in [3.63, 3.8) is 0 Å². The van der Waals surface area contributed by atoms with E-state index in [0.717, 1.165) is 31.1 Å². The molecule has 0 bridgehead atoms. The Morgan fingerprint density at radius 2 is 2.05 bits per heavy atom. The molecule has 9 nitrogen and oxygen atoms in total. The summed E-state index contributed by atoms with van der Waals surface area (Å²) in [5.41, 5.74) is 1.26. The van der Waals surface area contributed by atoms with Crippen LogP contribution in [-0.2, 0) is 24.0 Å². The number of nitrogens with one attached hydrogen (secondary N) is 2. The Hall–Kier alpha value is -3.17. The number of piperazine rings is 1. The average molecular weight is 563 g/mol. The van der Waals surface area contributed by atoms with E-state index in [4.69, 9.17) is 20.8 Å². The Balaban J connectivity index is 1.81. The van der Waals surface area contributed by atoms with Gasteiger partial charge >= 0.3 is 11.7 Å². The molecule has 1 saturated heterocycles. The quantitative estimate of drug-likeness (QED) is 0.406. The second-order valence-electron chi connectivity index (χ2n) is 8.95. The maximum Gasteiger partial charge on any atom is 0.414 e. The normalized spacial score (nSPS) is 14.7. The second-order valence-corrected chi connectivity index (χ2v) is 10.8. The first-order chi connectivity index (χ1) is 18.2. The summed E-state index contributed by atoms with van der Waals surface area (Å²) in [6.45, 7) is 5.20. The maximum atomic E-state index is 15.1. The zero-order valence-corrected chi connectivity index (χ0v) is 22.9. The van der Waals surface area contributed by atoms with Crippen LogP contribution in [0.4, 0.5) is 14.9 Å². The van der Waals surface area contributed by atoms with Crippen molar-refractivity contribution in [3.8, 4) is 5.75 Å². The Morgan fingerprint density at radius 1 is 1.32 bits per heavy atom. The van der Waals surface area contributed by atoms with Crippen molar-refractivity contribution in [1.29, 1.82) is 0 Å². The maximum absolute atomic E-state index is 15.1. The molecule has 0 aliphatic carbocycles. The number of benzene rings is 1. The minimum Gasteiger partial charge on any atom is -0.422 e. The van der Waals surface area contributed by atoms with Crippen molar-refractivity contribution in [2.45, 2.75) is 19.9 Å². The summed E-state index contributed by atoms with van der Waals surface area (Å²) in [5, 5.41) is 3.95. The Bertz CT molecular complexity index is 1420. The number of rotatable bonds is 8. The minimum absolute atomic E-state index is 0.0795. The molecular weight excluding hydrogens is 535 g/mol. The highest BCUT2D eigenvalue weighted by Gasteiger charge is 2.23. The van der Waals surface area contributed by atoms with E-state index in [1.165, 1.54) is 26.2 Å². The van der Waals surface area contributed by atoms with Crippen molar-refractivity contribution >= 4 is 45.3 Å². The molecule has 2 aromatic carbocycles. The molecule has 1 aromatic heterocycles. The monoisotopic (exact) mass is 562 g/mol. The molecule has 0 radical (unpaired) electrons. The van der Waals surface area contributed by atoms with E-state index in [2.05, 4.69) is 27.1 Å². The summed E-state index contributed by atoms with van der Waals surface area (Å²) in [7, 11) is 1.61. The first kappa shape index (κ1) is 27.9. The molecule has 4 rings (SSSR count). The Morgan fingerprint density at radius 3 is 2.74 bits per heavy atom. The first-order valence-corrected chi connectivity index (χ1v) is 13.7. The van der Waals surface area contributed by atoms with E-state index < -0.39 is 28.5 Å². The lowest BCUT2D eigenvalue weighted by atomic mass is 9.97. The van der Waals surface area contributed by atoms with Crippen LogP contribution in [0, 0.1) is 17.9 Å². The molecule has 1 fully saturated rings. The van der Waals surface area contributed by atoms with Crippen LogP contribution in [0.3, 0.4) is 0 Å². The van der Waals surface area contributed by atoms with Crippen molar-refractivity contribution in [3.05, 3.63) is 68.3 Å². The van der Waals surface area contributed by atoms with Crippen LogP contribution in [0.2, 0.25) is 5.02 Å². The summed E-state index contributed by atoms with van der Waals surface area (Å²) in [6.07, 6.45) is -0.681. The van der Waals surface area contributed by atoms with E-state index in [-0.39, 0.29) is 22.8 Å². The van der Waals surface area contributed by atoms with Crippen LogP contribution < -0.4 is 20.4 Å². The molecule has 1 aliphatic rings. The number of anilines is 1. The van der Waals surface area contributed by atoms with Crippen LogP contribution in [-0.4, -0.2) is 66.1 Å². The lowest BCUT2D eigenvalue weighted by molar-refractivity contribution is 0.170. The van der Waals surface area contributed by atoms with Crippen molar-refractivity contribution in [2.24, 2.45) is 0 Å². The van der Waals surface area contributed by atoms with Gasteiger partial charge in [0.15, 0.2) is 11.6 Å². The van der Waals surface area contributed by atoms with Crippen LogP contribution in [0.1, 0.15) is 23.6 Å². The number of amides is 1. The van der Waals surface area contributed by atoms with Gasteiger partial charge in [-0.1, -0.05) is 24.6 Å². The van der Waals surface area contributed by atoms with Crippen LogP contribution in [0.25, 0.3) is 11.0 Å². The summed E-state index contributed by atoms with van der Waals surface area (Å²) in [4.78, 5) is 28.6. The highest BCUT2D eigenvalue weighted by molar-refractivity contribution is 7.86. The number of hydrogen-bond acceptors (Lipinski definition) is 7. The highest BCUT2D eigenvalue weighted by atomic mass is 35.5. The molecule has 0 spiro atoms. The van der Waals surface area contributed by atoms with Crippen LogP contribution in [0.15, 0.2) is 27.4 Å². The number of fused-ring (bicyclic) bond motifs is 1. The van der Waals surface area contributed by atoms with E-state index in [0.29, 0.717) is 40.1 Å². The molecule has 2 heterocycles. The number of ether oxygens (including phenoxy) is 1. The van der Waals surface area contributed by atoms with Gasteiger partial charge in [0.25, 0.3) is 0 Å². The number of halogens is 2. The van der Waals surface area contributed by atoms with Gasteiger partial charge in [0.05, 0.1) is 5.02 Å². The Kier molecular flexibility index (Phi) is 8.89. The molecule has 38 heavy (non-hydrogen) atoms. The van der Waals surface area contributed by atoms with Gasteiger partial charge < -0.3 is 19.4 Å². The smallest absolute Gasteiger partial charge is 0.414 e. The SMILES string of the molecule is CCS(=O)Nc1c#ccc(Cc2c(CN3CCNCC3)c3cc(F)c(OC(=O)N(C)C)cc3oc2=O)c1Cl. The summed E-state index contributed by atoms with van der Waals surface area (Å²) >= 11 is 6.58. The third-order valence-electron chi connectivity index (χ3n) is 6.12. The molecule has 1 amide bonds. The lowest BCUT2D eigenvalue weighted by Gasteiger charge is -2.28. The average Bonchev–Trinajstić information content (AvgIpc) is 2.89. The number of carbonyl (C=O) groups is 1. The zero-order chi connectivity index (χ0) is 27.4. The van der Waals surface area contributed by atoms with Crippen LogP contribution >= 0.6 is 11.6 Å². The van der Waals surface area contributed by atoms with E-state index in [1.807, 2.05) is 0 Å². The fraction of sp³-hybridized carbons (Fsp3) is 0.385. The number of hydrogen-bond donors (Lipinski definition) is 2. The van der Waals surface area contributed by atoms with Gasteiger partial charge in [0.2, 0.25) is 0 Å². The van der Waals surface area contributed by atoms with Gasteiger partial charge in [-0.05, 0) is 29.3 Å². The highest BCUT2D eigenvalue weighted by Crippen LogP contribution is 2.32. The number of nitrogens with zero attached hydrogens (tertiary/aromatic N) is 2. The van der Waals surface area contributed by atoms with Gasteiger partial charge in [-0.25, -0.2) is 18.2 Å². The van der Waals surface area contributed by atoms with Crippen LogP contribution in [0.5, 0.6) is 5.75 Å². The molecule has 3 aromatic rings. The molecule has 12 heteroatoms. The minimum atomic E-state index is -1.35. The fourth-order valence-electron chi connectivity index (χ4n) is 4.07. The van der Waals surface area contributed by atoms with E-state index in [1.54, 1.807) is 13.0 Å². The molecular formula is C26H28ClFN4O5S. The largest absolute Gasteiger partial charge is 0.422 e. The van der Waals surface area contributed by atoms with Crippen molar-refractivity contribution < 1.29 is 22.5 Å². The molecule has 0 saturated carbocycles. The molecule has 202 valence electrons. The Labute approximate surface area is 227 Å². The second kappa shape index (κ2) is 12.1. The summed E-state index contributed by atoms with van der Waals surface area (Å²) in [5.74, 6) is -0.728. The molecule has 1 aliphatic heterocycles. The van der Waals surface area contributed by atoms with Gasteiger partial charge in [-0.15, -0.1) is 0 Å². The lowest BCUT2D eigenvalue weighted by Crippen LogP contribution is -2.43.